The van der Waals surface area contributed by atoms with Crippen LogP contribution in [-0.2, 0) is 16.9 Å². The summed E-state index contributed by atoms with van der Waals surface area (Å²) in [5, 5.41) is 4.36. The molecular weight excluding hydrogens is 481 g/mol. The van der Waals surface area contributed by atoms with Crippen LogP contribution in [0.15, 0.2) is 69.1 Å². The molecule has 0 unspecified atom stereocenters. The molecule has 0 saturated carbocycles. The number of aromatic nitrogens is 3. The van der Waals surface area contributed by atoms with Crippen LogP contribution in [0.4, 0.5) is 17.3 Å². The van der Waals surface area contributed by atoms with Crippen molar-refractivity contribution >= 4 is 33.0 Å². The average molecular weight is 496 g/mol. The van der Waals surface area contributed by atoms with Gasteiger partial charge in [-0.15, -0.1) is 9.36 Å². The lowest BCUT2D eigenvalue weighted by molar-refractivity contribution is -0.662. The number of hydrogen-bond donors (Lipinski definition) is 0. The molecule has 0 spiro atoms. The zero-order valence-electron chi connectivity index (χ0n) is 15.1. The van der Waals surface area contributed by atoms with Gasteiger partial charge >= 0.3 is 7.25 Å². The molecule has 0 atom stereocenters. The Labute approximate surface area is 172 Å². The van der Waals surface area contributed by atoms with Crippen molar-refractivity contribution in [2.24, 2.45) is 7.05 Å². The first-order valence-corrected chi connectivity index (χ1v) is 10.2. The molecule has 3 aromatic rings. The molecule has 0 fully saturated rings. The summed E-state index contributed by atoms with van der Waals surface area (Å²) < 4.78 is 73.4. The summed E-state index contributed by atoms with van der Waals surface area (Å²) in [4.78, 5) is 0.218. The molecule has 0 amide bonds. The second kappa shape index (κ2) is 8.95. The fraction of sp³-hybridized carbons (Fsp3) is 0.125. The number of benzene rings is 2. The van der Waals surface area contributed by atoms with Gasteiger partial charge in [-0.05, 0) is 48.5 Å². The number of sulfone groups is 1. The van der Waals surface area contributed by atoms with Crippen molar-refractivity contribution < 1.29 is 35.1 Å². The second-order valence-electron chi connectivity index (χ2n) is 5.58. The van der Waals surface area contributed by atoms with E-state index in [4.69, 9.17) is 4.74 Å². The molecule has 0 bridgehead atoms. The number of aryl methyl sites for hydroxylation is 1. The number of ether oxygens (including phenoxy) is 1. The number of nitrogens with zero attached hydrogens (tertiary/aromatic N) is 3. The minimum Gasteiger partial charge on any atom is -0.497 e. The normalized spacial score (nSPS) is 11.6. The predicted octanol–water partition coefficient (Wildman–Crippen LogP) is 3.60. The van der Waals surface area contributed by atoms with Crippen molar-refractivity contribution in [3.8, 4) is 11.4 Å². The van der Waals surface area contributed by atoms with E-state index in [1.165, 1.54) is 15.6 Å². The molecule has 0 aliphatic rings. The first-order valence-electron chi connectivity index (χ1n) is 7.90. The number of rotatable bonds is 4. The molecule has 156 valence electrons. The Kier molecular flexibility index (Phi) is 7.06. The minimum absolute atomic E-state index is 0.112. The molecule has 0 radical (unpaired) electrons. The molecule has 0 saturated heterocycles. The topological polar surface area (TPSA) is 65.1 Å². The molecule has 0 aliphatic heterocycles. The smallest absolute Gasteiger partial charge is 0.497 e. The van der Waals surface area contributed by atoms with Gasteiger partial charge in [0.15, 0.2) is 11.9 Å². The zero-order chi connectivity index (χ0) is 21.8. The van der Waals surface area contributed by atoms with Gasteiger partial charge in [0.2, 0.25) is 9.84 Å². The summed E-state index contributed by atoms with van der Waals surface area (Å²) >= 11 is 3.30. The summed E-state index contributed by atoms with van der Waals surface area (Å²) in [6.45, 7) is 0. The number of hydrogen-bond acceptors (Lipinski definition) is 4. The quantitative estimate of drug-likeness (QED) is 0.315. The molecule has 29 heavy (non-hydrogen) atoms. The van der Waals surface area contributed by atoms with E-state index in [9.17, 15) is 25.7 Å². The van der Waals surface area contributed by atoms with E-state index in [1.54, 1.807) is 50.6 Å². The third kappa shape index (κ3) is 6.29. The maximum absolute atomic E-state index is 12.8. The minimum atomic E-state index is -6.00. The Balaban J connectivity index is 0.000000537. The summed E-state index contributed by atoms with van der Waals surface area (Å²) in [6.07, 6.45) is 1.50. The molecular formula is C16H15BBrF4N3O3S. The van der Waals surface area contributed by atoms with Gasteiger partial charge in [0.1, 0.15) is 12.8 Å². The van der Waals surface area contributed by atoms with Crippen molar-refractivity contribution in [1.82, 2.24) is 9.90 Å². The van der Waals surface area contributed by atoms with Gasteiger partial charge in [-0.3, -0.25) is 0 Å². The van der Waals surface area contributed by atoms with E-state index in [0.29, 0.717) is 0 Å². The van der Waals surface area contributed by atoms with Gasteiger partial charge in [0.25, 0.3) is 5.03 Å². The van der Waals surface area contributed by atoms with Gasteiger partial charge in [-0.25, -0.2) is 8.42 Å². The van der Waals surface area contributed by atoms with Crippen LogP contribution >= 0.6 is 15.9 Å². The predicted molar refractivity (Wildman–Crippen MR) is 101 cm³/mol. The molecule has 1 heterocycles. The van der Waals surface area contributed by atoms with Crippen molar-refractivity contribution in [3.63, 3.8) is 0 Å². The lowest BCUT2D eigenvalue weighted by Gasteiger charge is -2.00. The standard InChI is InChI=1S/C16H15BrN3O3S.BF4/c1-19-16(24(21,22)15-9-3-12(17)4-10-15)11-20(18-19)13-5-7-14(23-2)8-6-13;2-1(3,4)5/h3-11H,1-2H3;/q+1;-1. The van der Waals surface area contributed by atoms with E-state index in [1.807, 2.05) is 12.1 Å². The van der Waals surface area contributed by atoms with Gasteiger partial charge in [0, 0.05) is 4.47 Å². The second-order valence-corrected chi connectivity index (χ2v) is 8.39. The lowest BCUT2D eigenvalue weighted by Crippen LogP contribution is -2.32. The lowest BCUT2D eigenvalue weighted by atomic mass is 10.3. The van der Waals surface area contributed by atoms with E-state index in [-0.39, 0.29) is 9.92 Å². The maximum Gasteiger partial charge on any atom is 0.673 e. The first kappa shape index (κ1) is 22.9. The van der Waals surface area contributed by atoms with Crippen molar-refractivity contribution in [1.29, 1.82) is 0 Å². The Morgan fingerprint density at radius 3 is 2.03 bits per heavy atom. The molecule has 13 heteroatoms. The highest BCUT2D eigenvalue weighted by atomic mass is 79.9. The average Bonchev–Trinajstić information content (AvgIpc) is 3.03. The van der Waals surface area contributed by atoms with Gasteiger partial charge in [-0.2, -0.15) is 0 Å². The fourth-order valence-electron chi connectivity index (χ4n) is 2.24. The van der Waals surface area contributed by atoms with Crippen LogP contribution in [0.1, 0.15) is 0 Å². The van der Waals surface area contributed by atoms with Gasteiger partial charge in [0.05, 0.1) is 17.2 Å². The van der Waals surface area contributed by atoms with E-state index in [2.05, 4.69) is 21.1 Å². The van der Waals surface area contributed by atoms with Crippen LogP contribution in [0.5, 0.6) is 5.75 Å². The van der Waals surface area contributed by atoms with Crippen LogP contribution in [0, 0.1) is 0 Å². The molecule has 3 rings (SSSR count). The van der Waals surface area contributed by atoms with E-state index < -0.39 is 17.1 Å². The number of halogens is 5. The van der Waals surface area contributed by atoms with Gasteiger partial charge in [-0.1, -0.05) is 15.9 Å². The SMILES string of the molecule is COc1ccc(-[n+]2cc(S(=O)(=O)c3ccc(Br)cc3)n(C)n2)cc1.F[B-](F)(F)F. The highest BCUT2D eigenvalue weighted by Crippen LogP contribution is 2.21. The summed E-state index contributed by atoms with van der Waals surface area (Å²) in [6, 6.07) is 13.7. The fourth-order valence-corrected chi connectivity index (χ4v) is 3.86. The molecule has 2 aromatic carbocycles. The highest BCUT2D eigenvalue weighted by Gasteiger charge is 2.29. The molecule has 6 nitrogen and oxygen atoms in total. The van der Waals surface area contributed by atoms with Crippen molar-refractivity contribution in [3.05, 3.63) is 59.2 Å². The third-order valence-corrected chi connectivity index (χ3v) is 5.86. The Morgan fingerprint density at radius 2 is 1.55 bits per heavy atom. The molecule has 1 aromatic heterocycles. The van der Waals surface area contributed by atoms with Crippen LogP contribution in [0.3, 0.4) is 0 Å². The Hall–Kier alpha value is -2.41. The first-order chi connectivity index (χ1) is 13.4. The Morgan fingerprint density at radius 1 is 1.03 bits per heavy atom. The van der Waals surface area contributed by atoms with Gasteiger partial charge < -0.3 is 22.0 Å². The summed E-state index contributed by atoms with van der Waals surface area (Å²) in [5.74, 6) is 0.720. The largest absolute Gasteiger partial charge is 0.673 e. The third-order valence-electron chi connectivity index (χ3n) is 3.52. The van der Waals surface area contributed by atoms with Crippen LogP contribution in [0.25, 0.3) is 5.69 Å². The summed E-state index contributed by atoms with van der Waals surface area (Å²) in [7, 11) is -6.46. The van der Waals surface area contributed by atoms with Crippen molar-refractivity contribution in [2.45, 2.75) is 9.92 Å². The maximum atomic E-state index is 12.8. The van der Waals surface area contributed by atoms with Crippen LogP contribution < -0.4 is 9.42 Å². The molecule has 0 N–H and O–H groups in total. The Bertz CT molecular complexity index is 1070. The van der Waals surface area contributed by atoms with Crippen molar-refractivity contribution in [2.75, 3.05) is 7.11 Å². The monoisotopic (exact) mass is 495 g/mol. The van der Waals surface area contributed by atoms with E-state index in [0.717, 1.165) is 15.9 Å². The molecule has 0 aliphatic carbocycles. The number of methoxy groups -OCH3 is 1. The van der Waals surface area contributed by atoms with Crippen LogP contribution in [-0.4, -0.2) is 32.7 Å². The van der Waals surface area contributed by atoms with E-state index >= 15 is 0 Å². The van der Waals surface area contributed by atoms with Crippen LogP contribution in [0.2, 0.25) is 0 Å². The summed E-state index contributed by atoms with van der Waals surface area (Å²) in [5.41, 5.74) is 0.739. The zero-order valence-corrected chi connectivity index (χ0v) is 17.5. The highest BCUT2D eigenvalue weighted by molar-refractivity contribution is 9.10.